The lowest BCUT2D eigenvalue weighted by Crippen LogP contribution is -2.28. The molecule has 23 heavy (non-hydrogen) atoms. The molecule has 2 rings (SSSR count). The highest BCUT2D eigenvalue weighted by Crippen LogP contribution is 2.33. The minimum absolute atomic E-state index is 0.0469. The third-order valence-electron chi connectivity index (χ3n) is 2.80. The van der Waals surface area contributed by atoms with Crippen LogP contribution in [-0.4, -0.2) is 11.0 Å². The number of aromatic nitrogens is 1. The van der Waals surface area contributed by atoms with Gasteiger partial charge >= 0.3 is 12.2 Å². The summed E-state index contributed by atoms with van der Waals surface area (Å²) < 4.78 is 38.5. The van der Waals surface area contributed by atoms with Crippen molar-refractivity contribution in [2.24, 2.45) is 0 Å². The van der Waals surface area contributed by atoms with Crippen LogP contribution in [0.15, 0.2) is 24.4 Å². The Labute approximate surface area is 133 Å². The average molecular weight is 340 g/mol. The molecular weight excluding hydrogens is 329 g/mol. The Hall–Kier alpha value is -2.60. The number of benzene rings is 1. The summed E-state index contributed by atoms with van der Waals surface area (Å²) in [5, 5.41) is 14.4. The molecule has 0 fully saturated rings. The Morgan fingerprint density at radius 2 is 2.17 bits per heavy atom. The van der Waals surface area contributed by atoms with Crippen LogP contribution >= 0.6 is 11.3 Å². The summed E-state index contributed by atoms with van der Waals surface area (Å²) in [7, 11) is 0. The first-order valence-corrected chi connectivity index (χ1v) is 7.19. The van der Waals surface area contributed by atoms with Crippen LogP contribution < -0.4 is 10.6 Å². The van der Waals surface area contributed by atoms with Crippen molar-refractivity contribution in [3.63, 3.8) is 0 Å². The van der Waals surface area contributed by atoms with Crippen LogP contribution in [0.3, 0.4) is 0 Å². The number of carbonyl (C=O) groups excluding carboxylic acids is 1. The van der Waals surface area contributed by atoms with Crippen LogP contribution in [0.5, 0.6) is 0 Å². The van der Waals surface area contributed by atoms with E-state index in [0.717, 1.165) is 22.0 Å². The summed E-state index contributed by atoms with van der Waals surface area (Å²) in [6.07, 6.45) is -3.05. The molecule has 1 aromatic carbocycles. The van der Waals surface area contributed by atoms with Crippen molar-refractivity contribution < 1.29 is 18.0 Å². The first kappa shape index (κ1) is 16.8. The molecule has 120 valence electrons. The lowest BCUT2D eigenvalue weighted by atomic mass is 10.1. The first-order chi connectivity index (χ1) is 10.8. The van der Waals surface area contributed by atoms with Crippen molar-refractivity contribution in [2.75, 3.05) is 5.32 Å². The molecule has 0 aliphatic carbocycles. The first-order valence-electron chi connectivity index (χ1n) is 6.37. The maximum atomic E-state index is 12.8. The van der Waals surface area contributed by atoms with E-state index in [0.29, 0.717) is 0 Å². The van der Waals surface area contributed by atoms with Crippen LogP contribution in [0, 0.1) is 18.3 Å². The minimum atomic E-state index is -4.67. The van der Waals surface area contributed by atoms with Gasteiger partial charge in [-0.25, -0.2) is 9.78 Å². The molecule has 9 heteroatoms. The molecule has 0 unspecified atom stereocenters. The van der Waals surface area contributed by atoms with Crippen molar-refractivity contribution in [2.45, 2.75) is 19.6 Å². The van der Waals surface area contributed by atoms with Crippen molar-refractivity contribution >= 4 is 23.1 Å². The van der Waals surface area contributed by atoms with Crippen molar-refractivity contribution in [3.05, 3.63) is 45.4 Å². The largest absolute Gasteiger partial charge is 0.417 e. The molecule has 1 heterocycles. The number of halogens is 3. The van der Waals surface area contributed by atoms with Crippen molar-refractivity contribution in [3.8, 4) is 6.07 Å². The highest BCUT2D eigenvalue weighted by atomic mass is 32.1. The van der Waals surface area contributed by atoms with E-state index in [-0.39, 0.29) is 12.2 Å². The van der Waals surface area contributed by atoms with E-state index in [1.165, 1.54) is 23.5 Å². The number of alkyl halides is 3. The monoisotopic (exact) mass is 340 g/mol. The van der Waals surface area contributed by atoms with Crippen LogP contribution in [0.2, 0.25) is 0 Å². The minimum Gasteiger partial charge on any atom is -0.333 e. The summed E-state index contributed by atoms with van der Waals surface area (Å²) in [5.74, 6) is 0. The Balaban J connectivity index is 2.05. The van der Waals surface area contributed by atoms with Crippen LogP contribution in [-0.2, 0) is 12.7 Å². The summed E-state index contributed by atoms with van der Waals surface area (Å²) in [4.78, 5) is 16.6. The standard InChI is InChI=1S/C14H11F3N4OS/c1-8-19-6-11(23-8)7-20-13(22)21-10-3-2-9(5-18)12(4-10)14(15,16)17/h2-4,6H,7H2,1H3,(H2,20,21,22). The third-order valence-corrected chi connectivity index (χ3v) is 3.71. The molecule has 0 aliphatic heterocycles. The number of hydrogen-bond donors (Lipinski definition) is 2. The molecular formula is C14H11F3N4OS. The second kappa shape index (κ2) is 6.66. The zero-order valence-corrected chi connectivity index (χ0v) is 12.7. The fourth-order valence-corrected chi connectivity index (χ4v) is 2.52. The number of urea groups is 1. The van der Waals surface area contributed by atoms with Crippen LogP contribution in [0.1, 0.15) is 21.0 Å². The number of anilines is 1. The Morgan fingerprint density at radius 1 is 1.43 bits per heavy atom. The number of aryl methyl sites for hydroxylation is 1. The smallest absolute Gasteiger partial charge is 0.333 e. The van der Waals surface area contributed by atoms with E-state index in [2.05, 4.69) is 15.6 Å². The third kappa shape index (κ3) is 4.43. The summed E-state index contributed by atoms with van der Waals surface area (Å²) in [5.41, 5.74) is -1.63. The fraction of sp³-hybridized carbons (Fsp3) is 0.214. The number of thiazole rings is 1. The molecule has 0 saturated heterocycles. The van der Waals surface area contributed by atoms with Gasteiger partial charge in [0.2, 0.25) is 0 Å². The lowest BCUT2D eigenvalue weighted by molar-refractivity contribution is -0.137. The van der Waals surface area contributed by atoms with Crippen LogP contribution in [0.4, 0.5) is 23.7 Å². The van der Waals surface area contributed by atoms with Gasteiger partial charge < -0.3 is 10.6 Å². The predicted molar refractivity (Wildman–Crippen MR) is 78.9 cm³/mol. The number of nitriles is 1. The molecule has 2 N–H and O–H groups in total. The Bertz CT molecular complexity index is 764. The number of nitrogens with one attached hydrogen (secondary N) is 2. The van der Waals surface area contributed by atoms with Gasteiger partial charge in [-0.05, 0) is 25.1 Å². The number of rotatable bonds is 3. The quantitative estimate of drug-likeness (QED) is 0.895. The molecule has 2 amide bonds. The zero-order chi connectivity index (χ0) is 17.0. The molecule has 0 radical (unpaired) electrons. The number of hydrogen-bond acceptors (Lipinski definition) is 4. The van der Waals surface area contributed by atoms with E-state index in [9.17, 15) is 18.0 Å². The van der Waals surface area contributed by atoms with Gasteiger partial charge in [-0.1, -0.05) is 0 Å². The number of nitrogens with zero attached hydrogens (tertiary/aromatic N) is 2. The molecule has 5 nitrogen and oxygen atoms in total. The van der Waals surface area contributed by atoms with E-state index in [1.54, 1.807) is 6.20 Å². The Kier molecular flexibility index (Phi) is 4.86. The lowest BCUT2D eigenvalue weighted by Gasteiger charge is -2.12. The Morgan fingerprint density at radius 3 is 2.74 bits per heavy atom. The zero-order valence-electron chi connectivity index (χ0n) is 11.9. The van der Waals surface area contributed by atoms with Crippen LogP contribution in [0.25, 0.3) is 0 Å². The predicted octanol–water partition coefficient (Wildman–Crippen LogP) is 3.66. The summed E-state index contributed by atoms with van der Waals surface area (Å²) in [6.45, 7) is 2.05. The highest BCUT2D eigenvalue weighted by Gasteiger charge is 2.33. The molecule has 2 aromatic rings. The van der Waals surface area contributed by atoms with Crippen molar-refractivity contribution in [1.29, 1.82) is 5.26 Å². The van der Waals surface area contributed by atoms with Gasteiger partial charge in [0.1, 0.15) is 0 Å². The number of amides is 2. The van der Waals surface area contributed by atoms with Gasteiger partial charge in [0, 0.05) is 16.8 Å². The summed E-state index contributed by atoms with van der Waals surface area (Å²) >= 11 is 1.41. The molecule has 0 spiro atoms. The second-order valence-corrected chi connectivity index (χ2v) is 5.84. The van der Waals surface area contributed by atoms with Gasteiger partial charge in [-0.3, -0.25) is 0 Å². The number of carbonyl (C=O) groups is 1. The van der Waals surface area contributed by atoms with Gasteiger partial charge in [0.05, 0.1) is 28.7 Å². The molecule has 0 atom stereocenters. The van der Waals surface area contributed by atoms with E-state index in [1.807, 2.05) is 6.92 Å². The van der Waals surface area contributed by atoms with Gasteiger partial charge in [-0.2, -0.15) is 18.4 Å². The van der Waals surface area contributed by atoms with Gasteiger partial charge in [-0.15, -0.1) is 11.3 Å². The molecule has 0 saturated carbocycles. The van der Waals surface area contributed by atoms with Gasteiger partial charge in [0.25, 0.3) is 0 Å². The normalized spacial score (nSPS) is 10.9. The van der Waals surface area contributed by atoms with E-state index >= 15 is 0 Å². The van der Waals surface area contributed by atoms with E-state index < -0.39 is 23.3 Å². The fourth-order valence-electron chi connectivity index (χ4n) is 1.78. The summed E-state index contributed by atoms with van der Waals surface area (Å²) in [6, 6.07) is 3.82. The maximum absolute atomic E-state index is 12.8. The topological polar surface area (TPSA) is 77.8 Å². The molecule has 1 aromatic heterocycles. The molecule has 0 bridgehead atoms. The highest BCUT2D eigenvalue weighted by molar-refractivity contribution is 7.11. The van der Waals surface area contributed by atoms with E-state index in [4.69, 9.17) is 5.26 Å². The second-order valence-electron chi connectivity index (χ2n) is 4.52. The SMILES string of the molecule is Cc1ncc(CNC(=O)Nc2ccc(C#N)c(C(F)(F)F)c2)s1. The average Bonchev–Trinajstić information content (AvgIpc) is 2.90. The maximum Gasteiger partial charge on any atom is 0.417 e. The molecule has 0 aliphatic rings. The van der Waals surface area contributed by atoms with Gasteiger partial charge in [0.15, 0.2) is 0 Å². The van der Waals surface area contributed by atoms with Crippen molar-refractivity contribution in [1.82, 2.24) is 10.3 Å².